The number of likely N-dealkylation sites (N-methyl/N-ethyl adjacent to an activating group) is 1. The van der Waals surface area contributed by atoms with E-state index < -0.39 is 6.10 Å². The maximum Gasteiger partial charge on any atom is 0.169 e. The van der Waals surface area contributed by atoms with E-state index >= 15 is 0 Å². The maximum absolute atomic E-state index is 10.5. The van der Waals surface area contributed by atoms with Crippen molar-refractivity contribution in [2.24, 2.45) is 0 Å². The summed E-state index contributed by atoms with van der Waals surface area (Å²) in [4.78, 5) is 2.05. The zero-order valence-electron chi connectivity index (χ0n) is 11.7. The number of aliphatic hydroxyl groups excluding tert-OH is 1. The van der Waals surface area contributed by atoms with Gasteiger partial charge < -0.3 is 19.2 Å². The van der Waals surface area contributed by atoms with E-state index in [2.05, 4.69) is 21.0 Å². The first-order valence-electron chi connectivity index (χ1n) is 6.20. The topological polar surface area (TPSA) is 63.7 Å². The predicted molar refractivity (Wildman–Crippen MR) is 77.8 cm³/mol. The molecule has 0 aliphatic heterocycles. The zero-order valence-corrected chi connectivity index (χ0v) is 13.3. The zero-order chi connectivity index (χ0) is 14.7. The molecule has 0 amide bonds. The molecule has 110 valence electrons. The molecule has 0 saturated carbocycles. The number of methoxy groups -OCH3 is 1. The first-order valence-corrected chi connectivity index (χ1v) is 7.00. The second-order valence-electron chi connectivity index (χ2n) is 4.67. The molecule has 0 radical (unpaired) electrons. The number of rotatable bonds is 6. The lowest BCUT2D eigenvalue weighted by molar-refractivity contribution is 0.171. The molecular weight excluding hydrogens is 326 g/mol. The summed E-state index contributed by atoms with van der Waals surface area (Å²) < 4.78 is 13.0. The molecule has 2 heterocycles. The van der Waals surface area contributed by atoms with Crippen LogP contribution in [-0.2, 0) is 6.54 Å². The molecule has 0 aliphatic carbocycles. The smallest absolute Gasteiger partial charge is 0.169 e. The van der Waals surface area contributed by atoms with E-state index in [0.29, 0.717) is 28.4 Å². The lowest BCUT2D eigenvalue weighted by atomic mass is 10.2. The summed E-state index contributed by atoms with van der Waals surface area (Å²) in [5.74, 6) is 0.991. The van der Waals surface area contributed by atoms with Gasteiger partial charge in [0.05, 0.1) is 19.9 Å². The molecule has 0 fully saturated rings. The van der Waals surface area contributed by atoms with Gasteiger partial charge in [-0.1, -0.05) is 0 Å². The summed E-state index contributed by atoms with van der Waals surface area (Å²) in [6, 6.07) is 3.46. The molecule has 0 saturated heterocycles. The number of furan rings is 1. The van der Waals surface area contributed by atoms with Crippen LogP contribution in [0.5, 0.6) is 5.75 Å². The van der Waals surface area contributed by atoms with Crippen LogP contribution in [0.4, 0.5) is 0 Å². The van der Waals surface area contributed by atoms with Gasteiger partial charge in [0, 0.05) is 6.54 Å². The molecular formula is C13H18BrN3O3. The van der Waals surface area contributed by atoms with E-state index in [1.54, 1.807) is 30.1 Å². The van der Waals surface area contributed by atoms with Crippen molar-refractivity contribution in [1.82, 2.24) is 14.7 Å². The minimum Gasteiger partial charge on any atom is -0.493 e. The lowest BCUT2D eigenvalue weighted by Crippen LogP contribution is -2.21. The van der Waals surface area contributed by atoms with Crippen LogP contribution >= 0.6 is 15.9 Å². The average molecular weight is 344 g/mol. The van der Waals surface area contributed by atoms with Crippen molar-refractivity contribution in [3.8, 4) is 5.75 Å². The number of ether oxygens (including phenoxy) is 1. The summed E-state index contributed by atoms with van der Waals surface area (Å²) in [7, 11) is 5.53. The molecule has 1 N–H and O–H groups in total. The first kappa shape index (κ1) is 15.1. The van der Waals surface area contributed by atoms with Gasteiger partial charge in [0.15, 0.2) is 16.5 Å². The fourth-order valence-corrected chi connectivity index (χ4v) is 2.21. The van der Waals surface area contributed by atoms with Gasteiger partial charge in [-0.15, -0.1) is 0 Å². The van der Waals surface area contributed by atoms with Crippen LogP contribution in [0.3, 0.4) is 0 Å². The van der Waals surface area contributed by atoms with E-state index in [4.69, 9.17) is 9.15 Å². The van der Waals surface area contributed by atoms with Crippen LogP contribution in [0, 0.1) is 0 Å². The molecule has 6 nitrogen and oxygen atoms in total. The third kappa shape index (κ3) is 3.23. The molecule has 0 bridgehead atoms. The molecule has 0 spiro atoms. The number of halogens is 1. The third-order valence-corrected chi connectivity index (χ3v) is 3.37. The Balaban J connectivity index is 2.30. The Morgan fingerprint density at radius 2 is 2.25 bits per heavy atom. The summed E-state index contributed by atoms with van der Waals surface area (Å²) in [5.41, 5.74) is 0.594. The number of aromatic nitrogens is 2. The molecule has 1 atom stereocenters. The molecule has 0 aliphatic rings. The van der Waals surface area contributed by atoms with Crippen LogP contribution in [0.2, 0.25) is 0 Å². The molecule has 2 aromatic heterocycles. The number of hydrogen-bond acceptors (Lipinski definition) is 5. The van der Waals surface area contributed by atoms with Gasteiger partial charge in [-0.2, -0.15) is 5.10 Å². The lowest BCUT2D eigenvalue weighted by Gasteiger charge is -2.15. The summed E-state index contributed by atoms with van der Waals surface area (Å²) in [5, 5.41) is 14.7. The Morgan fingerprint density at radius 3 is 2.80 bits per heavy atom. The van der Waals surface area contributed by atoms with Crippen molar-refractivity contribution in [3.05, 3.63) is 34.5 Å². The molecule has 0 aromatic carbocycles. The second kappa shape index (κ2) is 6.43. The van der Waals surface area contributed by atoms with E-state index in [9.17, 15) is 5.11 Å². The van der Waals surface area contributed by atoms with Crippen molar-refractivity contribution < 1.29 is 14.3 Å². The summed E-state index contributed by atoms with van der Waals surface area (Å²) >= 11 is 3.23. The maximum atomic E-state index is 10.5. The monoisotopic (exact) mass is 343 g/mol. The van der Waals surface area contributed by atoms with E-state index in [0.717, 1.165) is 6.54 Å². The van der Waals surface area contributed by atoms with Crippen LogP contribution in [0.25, 0.3) is 0 Å². The number of nitrogens with zero attached hydrogens (tertiary/aromatic N) is 3. The van der Waals surface area contributed by atoms with Crippen molar-refractivity contribution >= 4 is 15.9 Å². The minimum absolute atomic E-state index is 0.446. The Bertz CT molecular complexity index is 565. The van der Waals surface area contributed by atoms with E-state index in [1.165, 1.54) is 0 Å². The summed E-state index contributed by atoms with van der Waals surface area (Å²) in [6.45, 7) is 1.47. The van der Waals surface area contributed by atoms with Crippen LogP contribution in [0.1, 0.15) is 17.6 Å². The second-order valence-corrected chi connectivity index (χ2v) is 5.45. The highest BCUT2D eigenvalue weighted by atomic mass is 79.9. The van der Waals surface area contributed by atoms with Gasteiger partial charge in [-0.25, -0.2) is 0 Å². The van der Waals surface area contributed by atoms with Crippen LogP contribution < -0.4 is 4.74 Å². The van der Waals surface area contributed by atoms with Crippen molar-refractivity contribution in [2.45, 2.75) is 12.6 Å². The minimum atomic E-state index is -0.916. The van der Waals surface area contributed by atoms with Gasteiger partial charge in [-0.05, 0) is 42.2 Å². The largest absolute Gasteiger partial charge is 0.493 e. The quantitative estimate of drug-likeness (QED) is 0.867. The van der Waals surface area contributed by atoms with Crippen molar-refractivity contribution in [2.75, 3.05) is 27.7 Å². The van der Waals surface area contributed by atoms with E-state index in [1.807, 2.05) is 19.0 Å². The van der Waals surface area contributed by atoms with Gasteiger partial charge in [0.25, 0.3) is 0 Å². The SMILES string of the molecule is COc1cnn(CCN(C)C)c1C(O)c1ccc(Br)o1. The van der Waals surface area contributed by atoms with Gasteiger partial charge in [-0.3, -0.25) is 4.68 Å². The van der Waals surface area contributed by atoms with Gasteiger partial charge in [0.1, 0.15) is 11.5 Å². The van der Waals surface area contributed by atoms with Crippen LogP contribution in [-0.4, -0.2) is 47.5 Å². The normalized spacial score (nSPS) is 12.9. The van der Waals surface area contributed by atoms with Crippen molar-refractivity contribution in [3.63, 3.8) is 0 Å². The van der Waals surface area contributed by atoms with Crippen LogP contribution in [0.15, 0.2) is 27.4 Å². The Morgan fingerprint density at radius 1 is 1.50 bits per heavy atom. The number of hydrogen-bond donors (Lipinski definition) is 1. The highest BCUT2D eigenvalue weighted by molar-refractivity contribution is 9.10. The number of aliphatic hydroxyl groups is 1. The first-order chi connectivity index (χ1) is 9.52. The summed E-state index contributed by atoms with van der Waals surface area (Å²) in [6.07, 6.45) is 0.688. The molecule has 2 aromatic rings. The van der Waals surface area contributed by atoms with E-state index in [-0.39, 0.29) is 0 Å². The standard InChI is InChI=1S/C13H18BrN3O3/c1-16(2)6-7-17-12(10(19-3)8-15-17)13(18)9-4-5-11(14)20-9/h4-5,8,13,18H,6-7H2,1-3H3. The Labute approximate surface area is 126 Å². The fraction of sp³-hybridized carbons (Fsp3) is 0.462. The predicted octanol–water partition coefficient (Wildman–Crippen LogP) is 1.89. The third-order valence-electron chi connectivity index (χ3n) is 2.95. The highest BCUT2D eigenvalue weighted by Crippen LogP contribution is 2.31. The average Bonchev–Trinajstić information content (AvgIpc) is 3.01. The fourth-order valence-electron chi connectivity index (χ4n) is 1.89. The Hall–Kier alpha value is -1.31. The van der Waals surface area contributed by atoms with Gasteiger partial charge in [0.2, 0.25) is 0 Å². The molecule has 7 heteroatoms. The molecule has 1 unspecified atom stereocenters. The van der Waals surface area contributed by atoms with Gasteiger partial charge >= 0.3 is 0 Å². The Kier molecular flexibility index (Phi) is 4.85. The molecule has 20 heavy (non-hydrogen) atoms. The highest BCUT2D eigenvalue weighted by Gasteiger charge is 2.24. The molecule has 2 rings (SSSR count). The van der Waals surface area contributed by atoms with Crippen molar-refractivity contribution in [1.29, 1.82) is 0 Å².